The van der Waals surface area contributed by atoms with E-state index in [1.165, 1.54) is 6.26 Å². The van der Waals surface area contributed by atoms with Crippen LogP contribution in [0.5, 0.6) is 0 Å². The summed E-state index contributed by atoms with van der Waals surface area (Å²) in [6.45, 7) is 0.392. The maximum absolute atomic E-state index is 11.7. The third kappa shape index (κ3) is 2.89. The van der Waals surface area contributed by atoms with Gasteiger partial charge in [-0.2, -0.15) is 5.26 Å². The van der Waals surface area contributed by atoms with E-state index in [0.717, 1.165) is 11.1 Å². The molecule has 132 valence electrons. The molecule has 7 heteroatoms. The minimum Gasteiger partial charge on any atom is -0.467 e. The van der Waals surface area contributed by atoms with Crippen LogP contribution in [0.4, 0.5) is 5.69 Å². The van der Waals surface area contributed by atoms with Crippen LogP contribution < -0.4 is 11.1 Å². The Morgan fingerprint density at radius 3 is 2.74 bits per heavy atom. The van der Waals surface area contributed by atoms with Crippen LogP contribution in [0.1, 0.15) is 21.9 Å². The molecule has 1 amide bonds. The quantitative estimate of drug-likeness (QED) is 0.562. The van der Waals surface area contributed by atoms with E-state index >= 15 is 0 Å². The largest absolute Gasteiger partial charge is 0.467 e. The lowest BCUT2D eigenvalue weighted by Crippen LogP contribution is -2.12. The number of amides is 1. The van der Waals surface area contributed by atoms with Crippen molar-refractivity contribution in [3.05, 3.63) is 72.1 Å². The monoisotopic (exact) mass is 358 g/mol. The fourth-order valence-electron chi connectivity index (χ4n) is 2.97. The Balaban J connectivity index is 1.93. The summed E-state index contributed by atoms with van der Waals surface area (Å²) in [5.74, 6) is -0.0346. The second-order valence-corrected chi connectivity index (χ2v) is 5.80. The fourth-order valence-corrected chi connectivity index (χ4v) is 2.97. The van der Waals surface area contributed by atoms with Crippen molar-refractivity contribution in [1.82, 2.24) is 4.98 Å². The first-order valence-electron chi connectivity index (χ1n) is 8.16. The van der Waals surface area contributed by atoms with Gasteiger partial charge in [-0.25, -0.2) is 4.98 Å². The van der Waals surface area contributed by atoms with Gasteiger partial charge in [-0.15, -0.1) is 0 Å². The topological polar surface area (TPSA) is 118 Å². The first-order valence-corrected chi connectivity index (χ1v) is 8.16. The Kier molecular flexibility index (Phi) is 4.07. The molecule has 1 aromatic carbocycles. The van der Waals surface area contributed by atoms with Gasteiger partial charge >= 0.3 is 0 Å². The molecule has 4 rings (SSSR count). The van der Waals surface area contributed by atoms with E-state index in [1.807, 2.05) is 30.3 Å². The van der Waals surface area contributed by atoms with E-state index in [9.17, 15) is 10.1 Å². The minimum atomic E-state index is -0.723. The fraction of sp³-hybridized carbons (Fsp3) is 0.0500. The molecule has 3 aromatic heterocycles. The van der Waals surface area contributed by atoms with E-state index in [-0.39, 0.29) is 5.76 Å². The molecular formula is C20H14N4O3. The molecule has 0 saturated heterocycles. The van der Waals surface area contributed by atoms with Crippen molar-refractivity contribution in [1.29, 1.82) is 5.26 Å². The number of aromatic nitrogens is 1. The van der Waals surface area contributed by atoms with Gasteiger partial charge in [0.1, 0.15) is 17.4 Å². The Hall–Kier alpha value is -4.05. The van der Waals surface area contributed by atoms with Crippen molar-refractivity contribution in [2.45, 2.75) is 6.54 Å². The van der Waals surface area contributed by atoms with Crippen molar-refractivity contribution in [2.24, 2.45) is 5.73 Å². The second-order valence-electron chi connectivity index (χ2n) is 5.80. The number of pyridine rings is 1. The van der Waals surface area contributed by atoms with Gasteiger partial charge in [0.15, 0.2) is 5.76 Å². The number of para-hydroxylation sites is 1. The van der Waals surface area contributed by atoms with E-state index in [2.05, 4.69) is 16.4 Å². The Morgan fingerprint density at radius 1 is 1.15 bits per heavy atom. The van der Waals surface area contributed by atoms with Gasteiger partial charge in [-0.05, 0) is 24.3 Å². The number of hydrogen-bond acceptors (Lipinski definition) is 6. The van der Waals surface area contributed by atoms with Crippen LogP contribution in [0.3, 0.4) is 0 Å². The highest BCUT2D eigenvalue weighted by Crippen LogP contribution is 2.35. The molecule has 0 saturated carbocycles. The van der Waals surface area contributed by atoms with Crippen LogP contribution in [-0.2, 0) is 6.54 Å². The zero-order valence-corrected chi connectivity index (χ0v) is 14.1. The van der Waals surface area contributed by atoms with Gasteiger partial charge in [-0.1, -0.05) is 18.2 Å². The van der Waals surface area contributed by atoms with Gasteiger partial charge < -0.3 is 19.9 Å². The van der Waals surface area contributed by atoms with E-state index in [0.29, 0.717) is 34.6 Å². The lowest BCUT2D eigenvalue weighted by atomic mass is 10.0. The highest BCUT2D eigenvalue weighted by atomic mass is 16.3. The molecule has 0 bridgehead atoms. The smallest absolute Gasteiger partial charge is 0.285 e. The number of nitrogens with two attached hydrogens (primary N) is 1. The molecule has 0 spiro atoms. The highest BCUT2D eigenvalue weighted by molar-refractivity contribution is 6.02. The van der Waals surface area contributed by atoms with Crippen LogP contribution in [0.2, 0.25) is 0 Å². The van der Waals surface area contributed by atoms with Crippen molar-refractivity contribution in [3.8, 4) is 17.3 Å². The van der Waals surface area contributed by atoms with Crippen molar-refractivity contribution >= 4 is 22.5 Å². The number of primary amides is 1. The molecule has 3 N–H and O–H groups in total. The first-order chi connectivity index (χ1) is 13.2. The molecule has 4 aromatic rings. The van der Waals surface area contributed by atoms with Crippen LogP contribution in [0, 0.1) is 11.3 Å². The summed E-state index contributed by atoms with van der Waals surface area (Å²) in [6, 6.07) is 14.8. The number of furan rings is 2. The number of anilines is 1. The number of benzene rings is 1. The molecule has 0 aliphatic heterocycles. The maximum atomic E-state index is 11.7. The average molecular weight is 358 g/mol. The number of nitrogens with one attached hydrogen (secondary N) is 1. The molecule has 0 unspecified atom stereocenters. The number of nitriles is 1. The third-order valence-electron chi connectivity index (χ3n) is 4.17. The van der Waals surface area contributed by atoms with Crippen LogP contribution >= 0.6 is 0 Å². The molecular weight excluding hydrogens is 344 g/mol. The number of nitrogens with zero attached hydrogens (tertiary/aromatic N) is 2. The number of carbonyl (C=O) groups excluding carboxylic acids is 1. The van der Waals surface area contributed by atoms with Crippen molar-refractivity contribution in [2.75, 3.05) is 5.32 Å². The Bertz CT molecular complexity index is 1170. The van der Waals surface area contributed by atoms with Gasteiger partial charge in [0.05, 0.1) is 41.5 Å². The summed E-state index contributed by atoms with van der Waals surface area (Å²) in [5, 5.41) is 13.9. The zero-order valence-electron chi connectivity index (χ0n) is 14.1. The summed E-state index contributed by atoms with van der Waals surface area (Å²) in [5.41, 5.74) is 7.67. The summed E-state index contributed by atoms with van der Waals surface area (Å²) in [6.07, 6.45) is 2.94. The van der Waals surface area contributed by atoms with Gasteiger partial charge in [-0.3, -0.25) is 4.79 Å². The van der Waals surface area contributed by atoms with E-state index < -0.39 is 5.91 Å². The van der Waals surface area contributed by atoms with Crippen LogP contribution in [0.15, 0.2) is 63.8 Å². The van der Waals surface area contributed by atoms with E-state index in [4.69, 9.17) is 14.6 Å². The maximum Gasteiger partial charge on any atom is 0.285 e. The molecule has 0 aliphatic carbocycles. The molecule has 0 aliphatic rings. The van der Waals surface area contributed by atoms with Gasteiger partial charge in [0, 0.05) is 5.39 Å². The third-order valence-corrected chi connectivity index (χ3v) is 4.17. The minimum absolute atomic E-state index is 0.0359. The number of fused-ring (bicyclic) bond motifs is 1. The average Bonchev–Trinajstić information content (AvgIpc) is 3.37. The van der Waals surface area contributed by atoms with Gasteiger partial charge in [0.2, 0.25) is 0 Å². The molecule has 27 heavy (non-hydrogen) atoms. The van der Waals surface area contributed by atoms with Crippen LogP contribution in [-0.4, -0.2) is 10.9 Å². The summed E-state index contributed by atoms with van der Waals surface area (Å²) >= 11 is 0. The lowest BCUT2D eigenvalue weighted by Gasteiger charge is -2.14. The molecule has 7 nitrogen and oxygen atoms in total. The van der Waals surface area contributed by atoms with Crippen molar-refractivity contribution in [3.63, 3.8) is 0 Å². The van der Waals surface area contributed by atoms with Crippen molar-refractivity contribution < 1.29 is 13.6 Å². The Labute approximate surface area is 154 Å². The van der Waals surface area contributed by atoms with Crippen LogP contribution in [0.25, 0.3) is 22.2 Å². The zero-order chi connectivity index (χ0) is 18.8. The van der Waals surface area contributed by atoms with Gasteiger partial charge in [0.25, 0.3) is 5.91 Å². The van der Waals surface area contributed by atoms with E-state index in [1.54, 1.807) is 18.4 Å². The predicted octanol–water partition coefficient (Wildman–Crippen LogP) is 3.67. The lowest BCUT2D eigenvalue weighted by molar-refractivity contribution is 0.0974. The normalized spacial score (nSPS) is 10.6. The first kappa shape index (κ1) is 16.4. The standard InChI is InChI=1S/C20H14N4O3/c21-10-15-17(23-11-12-4-3-8-26-12)13-5-1-2-6-16(13)24-18(15)14-7-9-27-19(14)20(22)25/h1-9H,11H2,(H2,22,25)(H,23,24). The summed E-state index contributed by atoms with van der Waals surface area (Å²) in [7, 11) is 0. The summed E-state index contributed by atoms with van der Waals surface area (Å²) in [4.78, 5) is 16.3. The summed E-state index contributed by atoms with van der Waals surface area (Å²) < 4.78 is 10.5. The SMILES string of the molecule is N#Cc1c(-c2ccoc2C(N)=O)nc2ccccc2c1NCc1ccco1. The number of hydrogen-bond donors (Lipinski definition) is 2. The Morgan fingerprint density at radius 2 is 2.00 bits per heavy atom. The number of rotatable bonds is 5. The number of carbonyl (C=O) groups is 1. The molecule has 0 atom stereocenters. The second kappa shape index (κ2) is 6.69. The highest BCUT2D eigenvalue weighted by Gasteiger charge is 2.22. The molecule has 0 fully saturated rings. The molecule has 3 heterocycles. The molecule has 0 radical (unpaired) electrons. The predicted molar refractivity (Wildman–Crippen MR) is 98.7 cm³/mol.